The Morgan fingerprint density at radius 1 is 1.53 bits per heavy atom. The summed E-state index contributed by atoms with van der Waals surface area (Å²) in [5.41, 5.74) is 2.60. The van der Waals surface area contributed by atoms with Crippen LogP contribution in [0.1, 0.15) is 24.1 Å². The van der Waals surface area contributed by atoms with Gasteiger partial charge in [-0.05, 0) is 24.5 Å². The van der Waals surface area contributed by atoms with E-state index in [0.717, 1.165) is 13.0 Å². The maximum Gasteiger partial charge on any atom is 0.238 e. The topological polar surface area (TPSA) is 20.3 Å². The van der Waals surface area contributed by atoms with Crippen molar-refractivity contribution in [3.8, 4) is 0 Å². The molecule has 0 radical (unpaired) electrons. The number of carbonyl (C=O) groups is 1. The molecule has 1 aromatic carbocycles. The maximum atomic E-state index is 11.6. The van der Waals surface area contributed by atoms with Crippen LogP contribution in [-0.4, -0.2) is 23.2 Å². The predicted octanol–water partition coefficient (Wildman–Crippen LogP) is 2.37. The smallest absolute Gasteiger partial charge is 0.238 e. The van der Waals surface area contributed by atoms with Gasteiger partial charge in [-0.3, -0.25) is 4.79 Å². The number of carbonyl (C=O) groups excluding carboxylic acids is 1. The molecule has 1 aliphatic rings. The Hall–Kier alpha value is -1.02. The van der Waals surface area contributed by atoms with E-state index < -0.39 is 0 Å². The fraction of sp³-hybridized carbons (Fsp3) is 0.417. The summed E-state index contributed by atoms with van der Waals surface area (Å²) in [7, 11) is 0. The van der Waals surface area contributed by atoms with Gasteiger partial charge in [0.05, 0.1) is 6.04 Å². The van der Waals surface area contributed by atoms with Crippen molar-refractivity contribution in [2.24, 2.45) is 0 Å². The van der Waals surface area contributed by atoms with Crippen molar-refractivity contribution in [2.75, 3.05) is 12.4 Å². The van der Waals surface area contributed by atoms with Crippen molar-refractivity contribution in [2.45, 2.75) is 19.4 Å². The van der Waals surface area contributed by atoms with E-state index in [1.165, 1.54) is 11.1 Å². The highest BCUT2D eigenvalue weighted by atomic mass is 35.5. The second kappa shape index (κ2) is 4.23. The molecule has 0 unspecified atom stereocenters. The molecule has 0 spiro atoms. The summed E-state index contributed by atoms with van der Waals surface area (Å²) in [6.45, 7) is 2.84. The quantitative estimate of drug-likeness (QED) is 0.670. The molecule has 0 saturated heterocycles. The van der Waals surface area contributed by atoms with Gasteiger partial charge >= 0.3 is 0 Å². The Morgan fingerprint density at radius 3 is 3.00 bits per heavy atom. The summed E-state index contributed by atoms with van der Waals surface area (Å²) in [4.78, 5) is 13.4. The van der Waals surface area contributed by atoms with Gasteiger partial charge in [-0.2, -0.15) is 0 Å². The molecule has 3 heteroatoms. The molecule has 0 aromatic heterocycles. The monoisotopic (exact) mass is 223 g/mol. The Morgan fingerprint density at radius 2 is 2.27 bits per heavy atom. The molecule has 0 saturated carbocycles. The summed E-state index contributed by atoms with van der Waals surface area (Å²) < 4.78 is 0. The number of benzene rings is 1. The second-order valence-electron chi connectivity index (χ2n) is 3.85. The highest BCUT2D eigenvalue weighted by Gasteiger charge is 2.26. The third kappa shape index (κ3) is 1.86. The lowest BCUT2D eigenvalue weighted by Gasteiger charge is -2.34. The standard InChI is InChI=1S/C12H14ClNO/c1-9-11-5-3-2-4-10(11)6-7-14(9)12(15)8-13/h2-5,9H,6-8H2,1H3/t9-/m1/s1. The Balaban J connectivity index is 2.29. The number of halogens is 1. The lowest BCUT2D eigenvalue weighted by atomic mass is 9.94. The van der Waals surface area contributed by atoms with Crippen LogP contribution in [0.5, 0.6) is 0 Å². The molecule has 0 aliphatic carbocycles. The first-order valence-corrected chi connectivity index (χ1v) is 5.70. The second-order valence-corrected chi connectivity index (χ2v) is 4.11. The van der Waals surface area contributed by atoms with Gasteiger partial charge in [0, 0.05) is 6.54 Å². The van der Waals surface area contributed by atoms with Crippen LogP contribution in [0.15, 0.2) is 24.3 Å². The number of hydrogen-bond donors (Lipinski definition) is 0. The summed E-state index contributed by atoms with van der Waals surface area (Å²) in [6, 6.07) is 8.44. The first kappa shape index (κ1) is 10.5. The van der Waals surface area contributed by atoms with E-state index >= 15 is 0 Å². The van der Waals surface area contributed by atoms with Gasteiger partial charge in [0.25, 0.3) is 0 Å². The molecule has 0 fully saturated rings. The van der Waals surface area contributed by atoms with E-state index in [2.05, 4.69) is 19.1 Å². The minimum atomic E-state index is 0.0265. The molecule has 1 aromatic rings. The van der Waals surface area contributed by atoms with Crippen LogP contribution in [0.25, 0.3) is 0 Å². The van der Waals surface area contributed by atoms with Crippen molar-refractivity contribution < 1.29 is 4.79 Å². The molecule has 1 atom stereocenters. The van der Waals surface area contributed by atoms with Crippen molar-refractivity contribution in [1.82, 2.24) is 4.90 Å². The van der Waals surface area contributed by atoms with Gasteiger partial charge in [0.15, 0.2) is 0 Å². The van der Waals surface area contributed by atoms with Crippen LogP contribution in [-0.2, 0) is 11.2 Å². The number of rotatable bonds is 1. The molecule has 2 rings (SSSR count). The molecular weight excluding hydrogens is 210 g/mol. The predicted molar refractivity (Wildman–Crippen MR) is 61.0 cm³/mol. The van der Waals surface area contributed by atoms with Gasteiger partial charge in [0.2, 0.25) is 5.91 Å². The number of fused-ring (bicyclic) bond motifs is 1. The van der Waals surface area contributed by atoms with Crippen molar-refractivity contribution in [3.63, 3.8) is 0 Å². The molecule has 0 N–H and O–H groups in total. The highest BCUT2D eigenvalue weighted by Crippen LogP contribution is 2.28. The summed E-state index contributed by atoms with van der Waals surface area (Å²) >= 11 is 5.59. The summed E-state index contributed by atoms with van der Waals surface area (Å²) in [5, 5.41) is 0. The summed E-state index contributed by atoms with van der Waals surface area (Å²) in [6.07, 6.45) is 0.934. The molecule has 1 amide bonds. The van der Waals surface area contributed by atoms with Gasteiger partial charge < -0.3 is 4.90 Å². The fourth-order valence-corrected chi connectivity index (χ4v) is 2.34. The van der Waals surface area contributed by atoms with E-state index in [9.17, 15) is 4.79 Å². The normalized spacial score (nSPS) is 19.9. The van der Waals surface area contributed by atoms with Crippen molar-refractivity contribution >= 4 is 17.5 Å². The van der Waals surface area contributed by atoms with E-state index in [1.54, 1.807) is 0 Å². The van der Waals surface area contributed by atoms with Crippen LogP contribution in [0.3, 0.4) is 0 Å². The number of alkyl halides is 1. The third-order valence-corrected chi connectivity index (χ3v) is 3.26. The largest absolute Gasteiger partial charge is 0.335 e. The van der Waals surface area contributed by atoms with Crippen molar-refractivity contribution in [3.05, 3.63) is 35.4 Å². The molecule has 1 aliphatic heterocycles. The Kier molecular flexibility index (Phi) is 2.96. The maximum absolute atomic E-state index is 11.6. The zero-order valence-electron chi connectivity index (χ0n) is 8.74. The Labute approximate surface area is 94.8 Å². The van der Waals surface area contributed by atoms with Crippen LogP contribution in [0.2, 0.25) is 0 Å². The number of nitrogens with zero attached hydrogens (tertiary/aromatic N) is 1. The van der Waals surface area contributed by atoms with Gasteiger partial charge in [-0.1, -0.05) is 24.3 Å². The van der Waals surface area contributed by atoms with Gasteiger partial charge in [-0.25, -0.2) is 0 Å². The minimum absolute atomic E-state index is 0.0265. The van der Waals surface area contributed by atoms with Crippen molar-refractivity contribution in [1.29, 1.82) is 0 Å². The lowest BCUT2D eigenvalue weighted by molar-refractivity contribution is -0.130. The first-order valence-electron chi connectivity index (χ1n) is 5.17. The number of amides is 1. The van der Waals surface area contributed by atoms with E-state index in [-0.39, 0.29) is 17.8 Å². The average molecular weight is 224 g/mol. The summed E-state index contributed by atoms with van der Waals surface area (Å²) in [5.74, 6) is 0.102. The SMILES string of the molecule is C[C@@H]1c2ccccc2CCN1C(=O)CCl. The molecule has 1 heterocycles. The fourth-order valence-electron chi connectivity index (χ4n) is 2.19. The van der Waals surface area contributed by atoms with E-state index in [4.69, 9.17) is 11.6 Å². The van der Waals surface area contributed by atoms with Gasteiger partial charge in [0.1, 0.15) is 5.88 Å². The lowest BCUT2D eigenvalue weighted by Crippen LogP contribution is -2.39. The zero-order valence-corrected chi connectivity index (χ0v) is 9.50. The van der Waals surface area contributed by atoms with Crippen LogP contribution in [0, 0.1) is 0 Å². The van der Waals surface area contributed by atoms with Crippen LogP contribution in [0.4, 0.5) is 0 Å². The van der Waals surface area contributed by atoms with E-state index in [0.29, 0.717) is 0 Å². The zero-order chi connectivity index (χ0) is 10.8. The molecule has 0 bridgehead atoms. The molecule has 15 heavy (non-hydrogen) atoms. The minimum Gasteiger partial charge on any atom is -0.335 e. The Bertz CT molecular complexity index is 378. The average Bonchev–Trinajstić information content (AvgIpc) is 2.29. The molecule has 2 nitrogen and oxygen atoms in total. The van der Waals surface area contributed by atoms with Crippen LogP contribution >= 0.6 is 11.6 Å². The van der Waals surface area contributed by atoms with Gasteiger partial charge in [-0.15, -0.1) is 11.6 Å². The third-order valence-electron chi connectivity index (χ3n) is 3.03. The first-order chi connectivity index (χ1) is 7.24. The van der Waals surface area contributed by atoms with Crippen LogP contribution < -0.4 is 0 Å². The highest BCUT2D eigenvalue weighted by molar-refractivity contribution is 6.27. The molecule has 80 valence electrons. The number of hydrogen-bond acceptors (Lipinski definition) is 1. The molecular formula is C12H14ClNO. The van der Waals surface area contributed by atoms with E-state index in [1.807, 2.05) is 17.0 Å².